The Bertz CT molecular complexity index is 511. The van der Waals surface area contributed by atoms with Crippen molar-refractivity contribution in [2.45, 2.75) is 50.6 Å². The maximum absolute atomic E-state index is 4.54. The Balaban J connectivity index is 2.04. The van der Waals surface area contributed by atoms with E-state index in [4.69, 9.17) is 0 Å². The van der Waals surface area contributed by atoms with Crippen molar-refractivity contribution in [1.29, 1.82) is 0 Å². The number of hydrogen-bond donors (Lipinski definition) is 0. The number of thioether (sulfide) groups is 1. The summed E-state index contributed by atoms with van der Waals surface area (Å²) in [5.41, 5.74) is 1.01. The predicted molar refractivity (Wildman–Crippen MR) is 73.9 cm³/mol. The van der Waals surface area contributed by atoms with Gasteiger partial charge in [-0.25, -0.2) is 9.67 Å². The quantitative estimate of drug-likeness (QED) is 0.808. The van der Waals surface area contributed by atoms with Gasteiger partial charge in [-0.15, -0.1) is 16.4 Å². The Kier molecular flexibility index (Phi) is 4.01. The minimum atomic E-state index is -0.0948. The van der Waals surface area contributed by atoms with Crippen molar-refractivity contribution in [2.75, 3.05) is 0 Å². The SMILES string of the molecule is CCc1nc(CSc2nnnn2C(C)(C)C)cs1. The molecule has 0 saturated carbocycles. The van der Waals surface area contributed by atoms with Gasteiger partial charge in [0.15, 0.2) is 0 Å². The van der Waals surface area contributed by atoms with Crippen LogP contribution in [-0.2, 0) is 17.7 Å². The Labute approximate surface area is 115 Å². The second-order valence-electron chi connectivity index (χ2n) is 4.92. The van der Waals surface area contributed by atoms with Gasteiger partial charge in [0.05, 0.1) is 16.2 Å². The Morgan fingerprint density at radius 1 is 1.39 bits per heavy atom. The normalized spacial score (nSPS) is 12.0. The lowest BCUT2D eigenvalue weighted by Crippen LogP contribution is -2.24. The fourth-order valence-electron chi connectivity index (χ4n) is 1.41. The monoisotopic (exact) mass is 283 g/mol. The van der Waals surface area contributed by atoms with Crippen molar-refractivity contribution < 1.29 is 0 Å². The van der Waals surface area contributed by atoms with Crippen molar-refractivity contribution in [3.63, 3.8) is 0 Å². The fourth-order valence-corrected chi connectivity index (χ4v) is 3.21. The lowest BCUT2D eigenvalue weighted by molar-refractivity contribution is 0.321. The summed E-state index contributed by atoms with van der Waals surface area (Å²) in [5.74, 6) is 0.812. The first-order chi connectivity index (χ1) is 8.50. The summed E-state index contributed by atoms with van der Waals surface area (Å²) in [5, 5.41) is 16.0. The number of nitrogens with zero attached hydrogens (tertiary/aromatic N) is 5. The molecule has 0 aromatic carbocycles. The topological polar surface area (TPSA) is 56.5 Å². The highest BCUT2D eigenvalue weighted by atomic mass is 32.2. The average molecular weight is 283 g/mol. The first-order valence-corrected chi connectivity index (χ1v) is 7.72. The van der Waals surface area contributed by atoms with Crippen LogP contribution in [-0.4, -0.2) is 25.2 Å². The second kappa shape index (κ2) is 5.36. The number of hydrogen-bond acceptors (Lipinski definition) is 6. The standard InChI is InChI=1S/C11H17N5S2/c1-5-9-12-8(6-17-9)7-18-10-13-14-15-16(10)11(2,3)4/h6H,5,7H2,1-4H3. The van der Waals surface area contributed by atoms with E-state index < -0.39 is 0 Å². The first kappa shape index (κ1) is 13.5. The molecule has 2 aromatic heterocycles. The predicted octanol–water partition coefficient (Wildman–Crippen LogP) is 2.74. The van der Waals surface area contributed by atoms with E-state index in [9.17, 15) is 0 Å². The van der Waals surface area contributed by atoms with Gasteiger partial charge in [0.2, 0.25) is 5.16 Å². The second-order valence-corrected chi connectivity index (χ2v) is 6.80. The highest BCUT2D eigenvalue weighted by Crippen LogP contribution is 2.25. The van der Waals surface area contributed by atoms with Gasteiger partial charge in [0.1, 0.15) is 0 Å². The maximum atomic E-state index is 4.54. The van der Waals surface area contributed by atoms with Gasteiger partial charge in [-0.1, -0.05) is 18.7 Å². The van der Waals surface area contributed by atoms with Crippen molar-refractivity contribution in [1.82, 2.24) is 25.2 Å². The van der Waals surface area contributed by atoms with Crippen LogP contribution in [0.5, 0.6) is 0 Å². The molecule has 0 aliphatic heterocycles. The van der Waals surface area contributed by atoms with Gasteiger partial charge < -0.3 is 0 Å². The summed E-state index contributed by atoms with van der Waals surface area (Å²) in [6.07, 6.45) is 0.995. The van der Waals surface area contributed by atoms with Crippen molar-refractivity contribution >= 4 is 23.1 Å². The summed E-state index contributed by atoms with van der Waals surface area (Å²) < 4.78 is 1.85. The van der Waals surface area contributed by atoms with Gasteiger partial charge in [0.25, 0.3) is 0 Å². The molecule has 2 rings (SSSR count). The summed E-state index contributed by atoms with van der Waals surface area (Å²) in [6.45, 7) is 8.39. The highest BCUT2D eigenvalue weighted by molar-refractivity contribution is 7.98. The van der Waals surface area contributed by atoms with E-state index in [0.29, 0.717) is 0 Å². The molecule has 7 heteroatoms. The van der Waals surface area contributed by atoms with Crippen LogP contribution >= 0.6 is 23.1 Å². The summed E-state index contributed by atoms with van der Waals surface area (Å²) in [7, 11) is 0. The van der Waals surface area contributed by atoms with E-state index in [2.05, 4.69) is 53.6 Å². The average Bonchev–Trinajstić information content (AvgIpc) is 2.94. The van der Waals surface area contributed by atoms with Gasteiger partial charge in [-0.2, -0.15) is 0 Å². The third kappa shape index (κ3) is 3.08. The molecule has 0 unspecified atom stereocenters. The zero-order valence-electron chi connectivity index (χ0n) is 11.0. The number of thiazole rings is 1. The Morgan fingerprint density at radius 3 is 2.78 bits per heavy atom. The first-order valence-electron chi connectivity index (χ1n) is 5.85. The molecule has 18 heavy (non-hydrogen) atoms. The molecule has 0 atom stereocenters. The molecule has 0 amide bonds. The van der Waals surface area contributed by atoms with Crippen LogP contribution in [0.2, 0.25) is 0 Å². The summed E-state index contributed by atoms with van der Waals surface area (Å²) >= 11 is 3.34. The van der Waals surface area contributed by atoms with Crippen LogP contribution in [0.25, 0.3) is 0 Å². The minimum Gasteiger partial charge on any atom is -0.245 e. The van der Waals surface area contributed by atoms with Gasteiger partial charge in [0, 0.05) is 11.1 Å². The smallest absolute Gasteiger partial charge is 0.210 e. The van der Waals surface area contributed by atoms with Crippen molar-refractivity contribution in [3.8, 4) is 0 Å². The number of aromatic nitrogens is 5. The summed E-state index contributed by atoms with van der Waals surface area (Å²) in [6, 6.07) is 0. The van der Waals surface area contributed by atoms with Gasteiger partial charge >= 0.3 is 0 Å². The number of aryl methyl sites for hydroxylation is 1. The van der Waals surface area contributed by atoms with E-state index in [1.807, 2.05) is 4.68 Å². The largest absolute Gasteiger partial charge is 0.245 e. The van der Waals surface area contributed by atoms with Crippen molar-refractivity contribution in [2.24, 2.45) is 0 Å². The van der Waals surface area contributed by atoms with E-state index in [0.717, 1.165) is 23.0 Å². The zero-order valence-corrected chi connectivity index (χ0v) is 12.7. The van der Waals surface area contributed by atoms with Crippen LogP contribution in [0.1, 0.15) is 38.4 Å². The van der Waals surface area contributed by atoms with E-state index >= 15 is 0 Å². The fraction of sp³-hybridized carbons (Fsp3) is 0.636. The third-order valence-electron chi connectivity index (χ3n) is 2.33. The van der Waals surface area contributed by atoms with Crippen LogP contribution in [0, 0.1) is 0 Å². The molecule has 0 bridgehead atoms. The Hall–Kier alpha value is -0.950. The van der Waals surface area contributed by atoms with Gasteiger partial charge in [-0.3, -0.25) is 0 Å². The minimum absolute atomic E-state index is 0.0948. The Morgan fingerprint density at radius 2 is 2.17 bits per heavy atom. The van der Waals surface area contributed by atoms with Crippen LogP contribution in [0.15, 0.2) is 10.5 Å². The lowest BCUT2D eigenvalue weighted by Gasteiger charge is -2.19. The van der Waals surface area contributed by atoms with Crippen LogP contribution < -0.4 is 0 Å². The van der Waals surface area contributed by atoms with Crippen LogP contribution in [0.3, 0.4) is 0 Å². The molecule has 5 nitrogen and oxygen atoms in total. The molecule has 0 aliphatic rings. The van der Waals surface area contributed by atoms with E-state index in [-0.39, 0.29) is 5.54 Å². The molecule has 0 aliphatic carbocycles. The highest BCUT2D eigenvalue weighted by Gasteiger charge is 2.20. The molecule has 0 saturated heterocycles. The van der Waals surface area contributed by atoms with Crippen molar-refractivity contribution in [3.05, 3.63) is 16.1 Å². The molecule has 2 aromatic rings. The zero-order chi connectivity index (χ0) is 13.2. The number of tetrazole rings is 1. The molecule has 0 fully saturated rings. The molecule has 0 radical (unpaired) electrons. The molecule has 2 heterocycles. The van der Waals surface area contributed by atoms with E-state index in [1.54, 1.807) is 23.1 Å². The molecule has 0 spiro atoms. The molecule has 98 valence electrons. The molecular weight excluding hydrogens is 266 g/mol. The lowest BCUT2D eigenvalue weighted by atomic mass is 10.1. The number of rotatable bonds is 4. The molecule has 0 N–H and O–H groups in total. The third-order valence-corrected chi connectivity index (χ3v) is 4.32. The summed E-state index contributed by atoms with van der Waals surface area (Å²) in [4.78, 5) is 4.54. The van der Waals surface area contributed by atoms with Crippen LogP contribution in [0.4, 0.5) is 0 Å². The van der Waals surface area contributed by atoms with E-state index in [1.165, 1.54) is 5.01 Å². The van der Waals surface area contributed by atoms with Gasteiger partial charge in [-0.05, 0) is 37.6 Å². The maximum Gasteiger partial charge on any atom is 0.210 e. The molecular formula is C11H17N5S2.